The Bertz CT molecular complexity index is 342. The van der Waals surface area contributed by atoms with Gasteiger partial charge in [0.1, 0.15) is 5.75 Å². The van der Waals surface area contributed by atoms with Crippen LogP contribution in [0.2, 0.25) is 0 Å². The van der Waals surface area contributed by atoms with Crippen LogP contribution in [0.25, 0.3) is 0 Å². The molecule has 1 rings (SSSR count). The number of nitrogens with zero attached hydrogens (tertiary/aromatic N) is 1. The maximum Gasteiger partial charge on any atom is 0.310 e. The lowest BCUT2D eigenvalue weighted by atomic mass is 10.3. The van der Waals surface area contributed by atoms with Gasteiger partial charge in [-0.2, -0.15) is 0 Å². The summed E-state index contributed by atoms with van der Waals surface area (Å²) in [5.74, 6) is 0.0228. The lowest BCUT2D eigenvalue weighted by molar-refractivity contribution is -0.385. The third kappa shape index (κ3) is 2.59. The second kappa shape index (κ2) is 4.80. The van der Waals surface area contributed by atoms with E-state index in [-0.39, 0.29) is 11.4 Å². The predicted octanol–water partition coefficient (Wildman–Crippen LogP) is 2.07. The van der Waals surface area contributed by atoms with Crippen LogP contribution in [-0.2, 0) is 0 Å². The molecule has 0 spiro atoms. The average molecular weight is 262 g/mol. The molecule has 0 amide bonds. The highest BCUT2D eigenvalue weighted by Gasteiger charge is 2.12. The van der Waals surface area contributed by atoms with E-state index in [1.807, 2.05) is 0 Å². The molecule has 0 atom stereocenters. The van der Waals surface area contributed by atoms with E-state index >= 15 is 0 Å². The molecule has 0 radical (unpaired) electrons. The first-order valence-electron chi connectivity index (χ1n) is 3.81. The van der Waals surface area contributed by atoms with Gasteiger partial charge in [-0.15, -0.1) is 0 Å². The van der Waals surface area contributed by atoms with Crippen molar-refractivity contribution in [1.82, 2.24) is 0 Å². The van der Waals surface area contributed by atoms with Gasteiger partial charge in [-0.05, 0) is 6.07 Å². The van der Waals surface area contributed by atoms with Crippen LogP contribution in [0.5, 0.6) is 11.5 Å². The number of rotatable bonds is 4. The van der Waals surface area contributed by atoms with Crippen molar-refractivity contribution in [1.29, 1.82) is 0 Å². The van der Waals surface area contributed by atoms with Crippen LogP contribution in [0.3, 0.4) is 0 Å². The molecule has 76 valence electrons. The first-order valence-corrected chi connectivity index (χ1v) is 4.93. The van der Waals surface area contributed by atoms with Crippen LogP contribution in [0.4, 0.5) is 5.69 Å². The molecule has 0 heterocycles. The van der Waals surface area contributed by atoms with Crippen LogP contribution in [-0.4, -0.2) is 22.0 Å². The molecule has 6 heteroatoms. The first kappa shape index (κ1) is 10.8. The zero-order chi connectivity index (χ0) is 10.6. The van der Waals surface area contributed by atoms with Gasteiger partial charge < -0.3 is 9.84 Å². The number of halogens is 1. The summed E-state index contributed by atoms with van der Waals surface area (Å²) in [6.07, 6.45) is 0. The fraction of sp³-hybridized carbons (Fsp3) is 0.250. The Morgan fingerprint density at radius 2 is 2.29 bits per heavy atom. The van der Waals surface area contributed by atoms with E-state index in [1.54, 1.807) is 0 Å². The van der Waals surface area contributed by atoms with Crippen LogP contribution in [0.15, 0.2) is 18.2 Å². The van der Waals surface area contributed by atoms with Gasteiger partial charge in [0, 0.05) is 17.5 Å². The monoisotopic (exact) mass is 261 g/mol. The second-order valence-electron chi connectivity index (χ2n) is 2.45. The maximum absolute atomic E-state index is 10.3. The Hall–Kier alpha value is -1.30. The van der Waals surface area contributed by atoms with E-state index in [0.29, 0.717) is 17.7 Å². The second-order valence-corrected chi connectivity index (χ2v) is 3.24. The molecule has 1 aromatic carbocycles. The Balaban J connectivity index is 2.83. The molecule has 5 nitrogen and oxygen atoms in total. The van der Waals surface area contributed by atoms with Gasteiger partial charge in [-0.1, -0.05) is 15.9 Å². The van der Waals surface area contributed by atoms with Gasteiger partial charge in [-0.3, -0.25) is 10.1 Å². The van der Waals surface area contributed by atoms with E-state index in [1.165, 1.54) is 18.2 Å². The molecule has 0 saturated heterocycles. The fourth-order valence-corrected chi connectivity index (χ4v) is 1.07. The summed E-state index contributed by atoms with van der Waals surface area (Å²) in [4.78, 5) is 9.70. The van der Waals surface area contributed by atoms with Gasteiger partial charge in [-0.25, -0.2) is 0 Å². The van der Waals surface area contributed by atoms with Crippen molar-refractivity contribution in [3.05, 3.63) is 28.3 Å². The number of aromatic hydroxyl groups is 1. The van der Waals surface area contributed by atoms with E-state index in [2.05, 4.69) is 15.9 Å². The Morgan fingerprint density at radius 3 is 2.79 bits per heavy atom. The lowest BCUT2D eigenvalue weighted by Gasteiger charge is -2.03. The van der Waals surface area contributed by atoms with Crippen molar-refractivity contribution >= 4 is 21.6 Å². The molecule has 0 aliphatic heterocycles. The largest absolute Gasteiger partial charge is 0.502 e. The summed E-state index contributed by atoms with van der Waals surface area (Å²) in [7, 11) is 0. The maximum atomic E-state index is 10.3. The highest BCUT2D eigenvalue weighted by molar-refractivity contribution is 9.09. The zero-order valence-electron chi connectivity index (χ0n) is 7.14. The Labute approximate surface area is 88.6 Å². The molecule has 0 aromatic heterocycles. The molecule has 0 fully saturated rings. The molecule has 1 N–H and O–H groups in total. The molecule has 0 saturated carbocycles. The number of ether oxygens (including phenoxy) is 1. The summed E-state index contributed by atoms with van der Waals surface area (Å²) in [5, 5.41) is 20.2. The Morgan fingerprint density at radius 1 is 1.57 bits per heavy atom. The molecular weight excluding hydrogens is 254 g/mol. The quantitative estimate of drug-likeness (QED) is 0.512. The molecule has 0 aliphatic carbocycles. The molecule has 1 aromatic rings. The van der Waals surface area contributed by atoms with Crippen molar-refractivity contribution in [2.75, 3.05) is 11.9 Å². The number of nitro groups is 1. The van der Waals surface area contributed by atoms with E-state index in [4.69, 9.17) is 4.74 Å². The van der Waals surface area contributed by atoms with E-state index in [9.17, 15) is 15.2 Å². The standard InChI is InChI=1S/C8H8BrNO4/c9-3-4-14-6-1-2-7(10(12)13)8(11)5-6/h1-2,5,11H,3-4H2. The van der Waals surface area contributed by atoms with Crippen molar-refractivity contribution in [3.8, 4) is 11.5 Å². The molecule has 0 aliphatic rings. The first-order chi connectivity index (χ1) is 6.65. The van der Waals surface area contributed by atoms with E-state index < -0.39 is 4.92 Å². The number of phenolic OH excluding ortho intramolecular Hbond substituents is 1. The zero-order valence-corrected chi connectivity index (χ0v) is 8.73. The lowest BCUT2D eigenvalue weighted by Crippen LogP contribution is -1.97. The minimum absolute atomic E-state index is 0.323. The SMILES string of the molecule is O=[N+]([O-])c1ccc(OCCBr)cc1O. The van der Waals surface area contributed by atoms with Crippen LogP contribution < -0.4 is 4.74 Å². The smallest absolute Gasteiger partial charge is 0.310 e. The molecule has 0 unspecified atom stereocenters. The van der Waals surface area contributed by atoms with Gasteiger partial charge >= 0.3 is 5.69 Å². The topological polar surface area (TPSA) is 72.6 Å². The van der Waals surface area contributed by atoms with Crippen LogP contribution in [0, 0.1) is 10.1 Å². The number of hydrogen-bond donors (Lipinski definition) is 1. The van der Waals surface area contributed by atoms with Crippen molar-refractivity contribution < 1.29 is 14.8 Å². The Kier molecular flexibility index (Phi) is 3.70. The van der Waals surface area contributed by atoms with Crippen molar-refractivity contribution in [3.63, 3.8) is 0 Å². The highest BCUT2D eigenvalue weighted by Crippen LogP contribution is 2.29. The minimum Gasteiger partial charge on any atom is -0.502 e. The van der Waals surface area contributed by atoms with Gasteiger partial charge in [0.25, 0.3) is 0 Å². The third-order valence-electron chi connectivity index (χ3n) is 1.49. The van der Waals surface area contributed by atoms with Gasteiger partial charge in [0.2, 0.25) is 0 Å². The highest BCUT2D eigenvalue weighted by atomic mass is 79.9. The number of hydrogen-bond acceptors (Lipinski definition) is 4. The normalized spacial score (nSPS) is 9.79. The van der Waals surface area contributed by atoms with Gasteiger partial charge in [0.15, 0.2) is 5.75 Å². The summed E-state index contributed by atoms with van der Waals surface area (Å²) in [6.45, 7) is 0.442. The number of benzene rings is 1. The van der Waals surface area contributed by atoms with Crippen LogP contribution >= 0.6 is 15.9 Å². The fourth-order valence-electron chi connectivity index (χ4n) is 0.904. The average Bonchev–Trinajstić information content (AvgIpc) is 2.14. The van der Waals surface area contributed by atoms with Crippen molar-refractivity contribution in [2.24, 2.45) is 0 Å². The molecular formula is C8H8BrNO4. The molecule has 0 bridgehead atoms. The number of nitro benzene ring substituents is 1. The summed E-state index contributed by atoms with van der Waals surface area (Å²) < 4.78 is 5.14. The van der Waals surface area contributed by atoms with Crippen LogP contribution in [0.1, 0.15) is 0 Å². The number of alkyl halides is 1. The minimum atomic E-state index is -0.649. The molecule has 14 heavy (non-hydrogen) atoms. The third-order valence-corrected chi connectivity index (χ3v) is 1.81. The number of phenols is 1. The van der Waals surface area contributed by atoms with Gasteiger partial charge in [0.05, 0.1) is 11.5 Å². The summed E-state index contributed by atoms with van der Waals surface area (Å²) in [6, 6.07) is 3.88. The summed E-state index contributed by atoms with van der Waals surface area (Å²) >= 11 is 3.17. The predicted molar refractivity (Wildman–Crippen MR) is 54.1 cm³/mol. The van der Waals surface area contributed by atoms with E-state index in [0.717, 1.165) is 0 Å². The van der Waals surface area contributed by atoms with Crippen molar-refractivity contribution in [2.45, 2.75) is 0 Å². The summed E-state index contributed by atoms with van der Waals surface area (Å²) in [5.41, 5.74) is -0.323.